The van der Waals surface area contributed by atoms with Gasteiger partial charge in [-0.05, 0) is 26.0 Å². The molecule has 88 valence electrons. The minimum absolute atomic E-state index is 0.343. The van der Waals surface area contributed by atoms with Gasteiger partial charge in [0.1, 0.15) is 0 Å². The van der Waals surface area contributed by atoms with E-state index in [-0.39, 0.29) is 0 Å². The van der Waals surface area contributed by atoms with E-state index in [0.29, 0.717) is 6.04 Å². The van der Waals surface area contributed by atoms with Gasteiger partial charge in [-0.2, -0.15) is 0 Å². The Kier molecular flexibility index (Phi) is 7.96. The van der Waals surface area contributed by atoms with Gasteiger partial charge in [-0.1, -0.05) is 56.4 Å². The molecular weight excluding hydrogens is 194 g/mol. The summed E-state index contributed by atoms with van der Waals surface area (Å²) in [4.78, 5) is 0. The van der Waals surface area contributed by atoms with Crippen molar-refractivity contribution in [1.29, 1.82) is 0 Å². The van der Waals surface area contributed by atoms with Crippen LogP contribution in [0.25, 0.3) is 0 Å². The molecule has 1 atom stereocenters. The van der Waals surface area contributed by atoms with Gasteiger partial charge in [0.25, 0.3) is 0 Å². The Morgan fingerprint density at radius 3 is 2.31 bits per heavy atom. The summed E-state index contributed by atoms with van der Waals surface area (Å²) in [6.07, 6.45) is 3.85. The SMILES string of the molecule is C=C/C=C(\C)[C@H](C)Nc1ccccc1.CC. The van der Waals surface area contributed by atoms with Gasteiger partial charge in [0.05, 0.1) is 0 Å². The number of hydrogen-bond acceptors (Lipinski definition) is 1. The first-order valence-electron chi connectivity index (χ1n) is 5.85. The van der Waals surface area contributed by atoms with Gasteiger partial charge in [0.15, 0.2) is 0 Å². The van der Waals surface area contributed by atoms with Gasteiger partial charge in [-0.15, -0.1) is 0 Å². The van der Waals surface area contributed by atoms with Crippen LogP contribution in [0.4, 0.5) is 5.69 Å². The highest BCUT2D eigenvalue weighted by Crippen LogP contribution is 2.11. The zero-order valence-corrected chi connectivity index (χ0v) is 10.8. The molecule has 1 N–H and O–H groups in total. The fourth-order valence-electron chi connectivity index (χ4n) is 1.23. The molecule has 1 aromatic carbocycles. The molecule has 0 aliphatic heterocycles. The summed E-state index contributed by atoms with van der Waals surface area (Å²) < 4.78 is 0. The van der Waals surface area contributed by atoms with E-state index < -0.39 is 0 Å². The van der Waals surface area contributed by atoms with E-state index in [1.54, 1.807) is 0 Å². The third kappa shape index (κ3) is 5.40. The third-order valence-corrected chi connectivity index (χ3v) is 2.22. The van der Waals surface area contributed by atoms with Crippen molar-refractivity contribution in [2.75, 3.05) is 5.32 Å². The van der Waals surface area contributed by atoms with Crippen molar-refractivity contribution in [2.45, 2.75) is 33.7 Å². The molecular formula is C15H23N. The first-order chi connectivity index (χ1) is 7.74. The Hall–Kier alpha value is -1.50. The monoisotopic (exact) mass is 217 g/mol. The minimum atomic E-state index is 0.343. The average molecular weight is 217 g/mol. The maximum absolute atomic E-state index is 3.69. The smallest absolute Gasteiger partial charge is 0.0445 e. The molecule has 0 spiro atoms. The van der Waals surface area contributed by atoms with Crippen LogP contribution >= 0.6 is 0 Å². The molecule has 16 heavy (non-hydrogen) atoms. The quantitative estimate of drug-likeness (QED) is 0.724. The molecule has 1 aromatic rings. The summed E-state index contributed by atoms with van der Waals surface area (Å²) in [6.45, 7) is 11.9. The van der Waals surface area contributed by atoms with Gasteiger partial charge in [0.2, 0.25) is 0 Å². The van der Waals surface area contributed by atoms with Crippen molar-refractivity contribution < 1.29 is 0 Å². The van der Waals surface area contributed by atoms with Crippen LogP contribution in [0.1, 0.15) is 27.7 Å². The molecule has 1 nitrogen and oxygen atoms in total. The fourth-order valence-corrected chi connectivity index (χ4v) is 1.23. The molecule has 0 heterocycles. The molecule has 0 saturated heterocycles. The van der Waals surface area contributed by atoms with Crippen molar-refractivity contribution in [3.05, 3.63) is 54.6 Å². The molecule has 0 radical (unpaired) electrons. The summed E-state index contributed by atoms with van der Waals surface area (Å²) in [5, 5.41) is 3.41. The van der Waals surface area contributed by atoms with Gasteiger partial charge in [-0.25, -0.2) is 0 Å². The number of nitrogens with one attached hydrogen (secondary N) is 1. The van der Waals surface area contributed by atoms with Crippen molar-refractivity contribution in [3.63, 3.8) is 0 Å². The van der Waals surface area contributed by atoms with Crippen molar-refractivity contribution in [1.82, 2.24) is 0 Å². The van der Waals surface area contributed by atoms with E-state index in [1.165, 1.54) is 5.57 Å². The maximum atomic E-state index is 3.69. The summed E-state index contributed by atoms with van der Waals surface area (Å²) in [5.74, 6) is 0. The lowest BCUT2D eigenvalue weighted by molar-refractivity contribution is 0.924. The standard InChI is InChI=1S/C13H17N.C2H6/c1-4-8-11(2)12(3)14-13-9-6-5-7-10-13;1-2/h4-10,12,14H,1H2,2-3H3;1-2H3/b11-8+;/t12-;/m0./s1. The first-order valence-corrected chi connectivity index (χ1v) is 5.85. The van der Waals surface area contributed by atoms with Gasteiger partial charge in [-0.3, -0.25) is 0 Å². The molecule has 0 aromatic heterocycles. The molecule has 0 fully saturated rings. The molecule has 0 unspecified atom stereocenters. The molecule has 0 aliphatic carbocycles. The van der Waals surface area contributed by atoms with Crippen LogP contribution in [0.3, 0.4) is 0 Å². The predicted molar refractivity (Wildman–Crippen MR) is 74.8 cm³/mol. The number of rotatable bonds is 4. The van der Waals surface area contributed by atoms with Crippen LogP contribution < -0.4 is 5.32 Å². The van der Waals surface area contributed by atoms with Crippen molar-refractivity contribution in [3.8, 4) is 0 Å². The van der Waals surface area contributed by atoms with Crippen molar-refractivity contribution >= 4 is 5.69 Å². The summed E-state index contributed by atoms with van der Waals surface area (Å²) in [5.41, 5.74) is 2.43. The summed E-state index contributed by atoms with van der Waals surface area (Å²) in [7, 11) is 0. The lowest BCUT2D eigenvalue weighted by Gasteiger charge is -2.15. The number of benzene rings is 1. The van der Waals surface area contributed by atoms with E-state index in [9.17, 15) is 0 Å². The second-order valence-corrected chi connectivity index (χ2v) is 3.38. The average Bonchev–Trinajstić information content (AvgIpc) is 2.33. The van der Waals surface area contributed by atoms with E-state index in [0.717, 1.165) is 5.69 Å². The highest BCUT2D eigenvalue weighted by atomic mass is 14.9. The second kappa shape index (κ2) is 8.78. The van der Waals surface area contributed by atoms with Crippen LogP contribution in [0.15, 0.2) is 54.6 Å². The molecule has 1 heteroatoms. The second-order valence-electron chi connectivity index (χ2n) is 3.38. The van der Waals surface area contributed by atoms with E-state index in [1.807, 2.05) is 44.2 Å². The number of anilines is 1. The predicted octanol–water partition coefficient (Wildman–Crippen LogP) is 4.65. The van der Waals surface area contributed by atoms with Crippen LogP contribution in [0.2, 0.25) is 0 Å². The van der Waals surface area contributed by atoms with E-state index >= 15 is 0 Å². The molecule has 0 saturated carbocycles. The van der Waals surface area contributed by atoms with Crippen LogP contribution in [0, 0.1) is 0 Å². The Bertz CT molecular complexity index is 311. The number of para-hydroxylation sites is 1. The van der Waals surface area contributed by atoms with Crippen LogP contribution in [-0.4, -0.2) is 6.04 Å². The minimum Gasteiger partial charge on any atom is -0.379 e. The van der Waals surface area contributed by atoms with Gasteiger partial charge >= 0.3 is 0 Å². The Balaban J connectivity index is 0.00000106. The first kappa shape index (κ1) is 14.5. The Morgan fingerprint density at radius 1 is 1.25 bits per heavy atom. The van der Waals surface area contributed by atoms with Crippen LogP contribution in [-0.2, 0) is 0 Å². The highest BCUT2D eigenvalue weighted by Gasteiger charge is 2.01. The zero-order valence-electron chi connectivity index (χ0n) is 10.8. The Morgan fingerprint density at radius 2 is 1.81 bits per heavy atom. The lowest BCUT2D eigenvalue weighted by Crippen LogP contribution is -2.16. The van der Waals surface area contributed by atoms with E-state index in [4.69, 9.17) is 0 Å². The fraction of sp³-hybridized carbons (Fsp3) is 0.333. The largest absolute Gasteiger partial charge is 0.379 e. The number of allylic oxidation sites excluding steroid dienone is 2. The Labute approximate surface area is 99.9 Å². The summed E-state index contributed by atoms with van der Waals surface area (Å²) in [6, 6.07) is 10.6. The maximum Gasteiger partial charge on any atom is 0.0445 e. The zero-order chi connectivity index (χ0) is 12.4. The molecule has 0 bridgehead atoms. The topological polar surface area (TPSA) is 12.0 Å². The third-order valence-electron chi connectivity index (χ3n) is 2.22. The van der Waals surface area contributed by atoms with Gasteiger partial charge in [0, 0.05) is 11.7 Å². The van der Waals surface area contributed by atoms with Crippen molar-refractivity contribution in [2.24, 2.45) is 0 Å². The van der Waals surface area contributed by atoms with E-state index in [2.05, 4.69) is 37.9 Å². The summed E-state index contributed by atoms with van der Waals surface area (Å²) >= 11 is 0. The molecule has 0 amide bonds. The highest BCUT2D eigenvalue weighted by molar-refractivity contribution is 5.45. The molecule has 1 rings (SSSR count). The lowest BCUT2D eigenvalue weighted by atomic mass is 10.1. The number of hydrogen-bond donors (Lipinski definition) is 1. The van der Waals surface area contributed by atoms with Gasteiger partial charge < -0.3 is 5.32 Å². The van der Waals surface area contributed by atoms with Crippen LogP contribution in [0.5, 0.6) is 0 Å². The normalized spacial score (nSPS) is 12.1. The molecule has 0 aliphatic rings.